The van der Waals surface area contributed by atoms with Gasteiger partial charge in [-0.25, -0.2) is 4.39 Å². The van der Waals surface area contributed by atoms with E-state index in [0.29, 0.717) is 12.1 Å². The van der Waals surface area contributed by atoms with Gasteiger partial charge in [0.15, 0.2) is 5.82 Å². The fourth-order valence-corrected chi connectivity index (χ4v) is 4.65. The van der Waals surface area contributed by atoms with Crippen LogP contribution in [-0.4, -0.2) is 50.3 Å². The van der Waals surface area contributed by atoms with E-state index in [1.807, 2.05) is 30.3 Å². The quantitative estimate of drug-likeness (QED) is 0.683. The SMILES string of the molecule is C[C@H]1CN(C2CCN(c3ccc(F)cc3)CC2)Cc2nnc(-c3ccccn3)n21. The van der Waals surface area contributed by atoms with Crippen molar-refractivity contribution in [3.63, 3.8) is 0 Å². The van der Waals surface area contributed by atoms with Gasteiger partial charge >= 0.3 is 0 Å². The zero-order chi connectivity index (χ0) is 19.8. The highest BCUT2D eigenvalue weighted by atomic mass is 19.1. The summed E-state index contributed by atoms with van der Waals surface area (Å²) in [6, 6.07) is 13.6. The summed E-state index contributed by atoms with van der Waals surface area (Å²) in [6.45, 7) is 6.04. The zero-order valence-electron chi connectivity index (χ0n) is 16.6. The van der Waals surface area contributed by atoms with E-state index in [-0.39, 0.29) is 5.82 Å². The molecule has 5 rings (SSSR count). The summed E-state index contributed by atoms with van der Waals surface area (Å²) in [4.78, 5) is 9.36. The van der Waals surface area contributed by atoms with E-state index in [1.54, 1.807) is 18.3 Å². The first kappa shape index (κ1) is 18.2. The highest BCUT2D eigenvalue weighted by Crippen LogP contribution is 2.30. The molecule has 0 N–H and O–H groups in total. The van der Waals surface area contributed by atoms with Gasteiger partial charge in [0.25, 0.3) is 0 Å². The predicted molar refractivity (Wildman–Crippen MR) is 110 cm³/mol. The molecule has 0 spiro atoms. The molecule has 7 heteroatoms. The third kappa shape index (κ3) is 3.51. The first-order chi connectivity index (χ1) is 14.2. The number of fused-ring (bicyclic) bond motifs is 1. The molecule has 0 saturated carbocycles. The third-order valence-corrected chi connectivity index (χ3v) is 6.12. The van der Waals surface area contributed by atoms with E-state index < -0.39 is 0 Å². The first-order valence-corrected chi connectivity index (χ1v) is 10.3. The Morgan fingerprint density at radius 1 is 1.00 bits per heavy atom. The monoisotopic (exact) mass is 392 g/mol. The highest BCUT2D eigenvalue weighted by Gasteiger charge is 2.32. The Morgan fingerprint density at radius 2 is 1.79 bits per heavy atom. The Morgan fingerprint density at radius 3 is 2.52 bits per heavy atom. The van der Waals surface area contributed by atoms with Gasteiger partial charge in [0.2, 0.25) is 0 Å². The minimum absolute atomic E-state index is 0.180. The molecule has 1 fully saturated rings. The molecule has 2 aromatic heterocycles. The number of aromatic nitrogens is 4. The van der Waals surface area contributed by atoms with Crippen LogP contribution < -0.4 is 4.90 Å². The van der Waals surface area contributed by atoms with Crippen LogP contribution in [0.3, 0.4) is 0 Å². The Labute approximate surface area is 170 Å². The summed E-state index contributed by atoms with van der Waals surface area (Å²) in [5, 5.41) is 8.93. The molecule has 4 heterocycles. The fraction of sp³-hybridized carbons (Fsp3) is 0.409. The van der Waals surface area contributed by atoms with Crippen LogP contribution in [0.15, 0.2) is 48.7 Å². The van der Waals surface area contributed by atoms with Gasteiger partial charge in [-0.2, -0.15) is 0 Å². The predicted octanol–water partition coefficient (Wildman–Crippen LogP) is 3.52. The minimum atomic E-state index is -0.180. The van der Waals surface area contributed by atoms with Gasteiger partial charge in [-0.05, 0) is 56.2 Å². The lowest BCUT2D eigenvalue weighted by atomic mass is 10.0. The van der Waals surface area contributed by atoms with Crippen molar-refractivity contribution < 1.29 is 4.39 Å². The number of rotatable bonds is 3. The molecule has 2 aliphatic rings. The Bertz CT molecular complexity index is 963. The van der Waals surface area contributed by atoms with E-state index in [1.165, 1.54) is 0 Å². The van der Waals surface area contributed by atoms with E-state index in [9.17, 15) is 4.39 Å². The van der Waals surface area contributed by atoms with Crippen molar-refractivity contribution in [3.05, 3.63) is 60.3 Å². The summed E-state index contributed by atoms with van der Waals surface area (Å²) in [6.07, 6.45) is 4.00. The van der Waals surface area contributed by atoms with Crippen LogP contribution in [0.25, 0.3) is 11.5 Å². The Balaban J connectivity index is 1.28. The van der Waals surface area contributed by atoms with Crippen molar-refractivity contribution in [1.82, 2.24) is 24.6 Å². The minimum Gasteiger partial charge on any atom is -0.371 e. The summed E-state index contributed by atoms with van der Waals surface area (Å²) in [5.74, 6) is 1.70. The van der Waals surface area contributed by atoms with Crippen molar-refractivity contribution in [2.24, 2.45) is 0 Å². The summed E-state index contributed by atoms with van der Waals surface area (Å²) < 4.78 is 15.4. The van der Waals surface area contributed by atoms with E-state index in [0.717, 1.165) is 62.1 Å². The van der Waals surface area contributed by atoms with Crippen molar-refractivity contribution in [1.29, 1.82) is 0 Å². The van der Waals surface area contributed by atoms with E-state index >= 15 is 0 Å². The van der Waals surface area contributed by atoms with Crippen molar-refractivity contribution in [3.8, 4) is 11.5 Å². The van der Waals surface area contributed by atoms with Crippen LogP contribution in [0.1, 0.15) is 31.6 Å². The van der Waals surface area contributed by atoms with Gasteiger partial charge < -0.3 is 9.47 Å². The van der Waals surface area contributed by atoms with Crippen LogP contribution in [0.5, 0.6) is 0 Å². The highest BCUT2D eigenvalue weighted by molar-refractivity contribution is 5.49. The number of halogens is 1. The maximum Gasteiger partial charge on any atom is 0.182 e. The van der Waals surface area contributed by atoms with Crippen LogP contribution in [-0.2, 0) is 6.54 Å². The van der Waals surface area contributed by atoms with Crippen LogP contribution in [0.2, 0.25) is 0 Å². The molecule has 1 atom stereocenters. The standard InChI is InChI=1S/C22H25FN6/c1-16-14-28(15-21-25-26-22(29(16)21)20-4-2-3-11-24-20)19-9-12-27(13-10-19)18-7-5-17(23)6-8-18/h2-8,11,16,19H,9-10,12-15H2,1H3/t16-/m0/s1. The number of hydrogen-bond acceptors (Lipinski definition) is 5. The molecule has 1 saturated heterocycles. The number of piperidine rings is 1. The van der Waals surface area contributed by atoms with Gasteiger partial charge in [-0.1, -0.05) is 6.07 Å². The maximum atomic E-state index is 13.2. The lowest BCUT2D eigenvalue weighted by Crippen LogP contribution is -2.48. The Kier molecular flexibility index (Phi) is 4.75. The third-order valence-electron chi connectivity index (χ3n) is 6.12. The molecule has 0 aliphatic carbocycles. The second-order valence-corrected chi connectivity index (χ2v) is 8.00. The van der Waals surface area contributed by atoms with E-state index in [4.69, 9.17) is 0 Å². The van der Waals surface area contributed by atoms with Crippen molar-refractivity contribution >= 4 is 5.69 Å². The smallest absolute Gasteiger partial charge is 0.182 e. The van der Waals surface area contributed by atoms with Crippen molar-refractivity contribution in [2.45, 2.75) is 38.4 Å². The first-order valence-electron chi connectivity index (χ1n) is 10.3. The number of anilines is 1. The molecule has 3 aromatic rings. The molecular formula is C22H25FN6. The Hall–Kier alpha value is -2.80. The summed E-state index contributed by atoms with van der Waals surface area (Å²) in [7, 11) is 0. The van der Waals surface area contributed by atoms with Gasteiger partial charge in [-0.15, -0.1) is 10.2 Å². The van der Waals surface area contributed by atoms with Crippen LogP contribution in [0, 0.1) is 5.82 Å². The van der Waals surface area contributed by atoms with Crippen LogP contribution >= 0.6 is 0 Å². The molecule has 150 valence electrons. The second kappa shape index (κ2) is 7.55. The van der Waals surface area contributed by atoms with Gasteiger partial charge in [0.1, 0.15) is 17.3 Å². The topological polar surface area (TPSA) is 50.1 Å². The lowest BCUT2D eigenvalue weighted by molar-refractivity contribution is 0.114. The number of benzene rings is 1. The average Bonchev–Trinajstić information content (AvgIpc) is 3.20. The molecule has 0 bridgehead atoms. The molecule has 6 nitrogen and oxygen atoms in total. The molecule has 0 amide bonds. The fourth-order valence-electron chi connectivity index (χ4n) is 4.65. The summed E-state index contributed by atoms with van der Waals surface area (Å²) >= 11 is 0. The largest absolute Gasteiger partial charge is 0.371 e. The maximum absolute atomic E-state index is 13.2. The second-order valence-electron chi connectivity index (χ2n) is 8.00. The normalized spacial score (nSPS) is 20.6. The van der Waals surface area contributed by atoms with Crippen molar-refractivity contribution in [2.75, 3.05) is 24.5 Å². The molecule has 29 heavy (non-hydrogen) atoms. The van der Waals surface area contributed by atoms with Crippen LogP contribution in [0.4, 0.5) is 10.1 Å². The molecule has 0 radical (unpaired) electrons. The number of pyridine rings is 1. The molecular weight excluding hydrogens is 367 g/mol. The molecule has 0 unspecified atom stereocenters. The number of hydrogen-bond donors (Lipinski definition) is 0. The lowest BCUT2D eigenvalue weighted by Gasteiger charge is -2.42. The van der Waals surface area contributed by atoms with E-state index in [2.05, 4.69) is 36.5 Å². The molecule has 2 aliphatic heterocycles. The average molecular weight is 392 g/mol. The number of nitrogens with zero attached hydrogens (tertiary/aromatic N) is 6. The zero-order valence-corrected chi connectivity index (χ0v) is 16.6. The summed E-state index contributed by atoms with van der Waals surface area (Å²) in [5.41, 5.74) is 1.98. The molecule has 1 aromatic carbocycles. The van der Waals surface area contributed by atoms with Gasteiger partial charge in [-0.3, -0.25) is 9.88 Å². The van der Waals surface area contributed by atoms with Gasteiger partial charge in [0, 0.05) is 43.6 Å². The van der Waals surface area contributed by atoms with Gasteiger partial charge in [0.05, 0.1) is 6.54 Å².